The lowest BCUT2D eigenvalue weighted by atomic mass is 10.4. The number of hydrogen-bond acceptors (Lipinski definition) is 3. The number of aliphatic hydroxyl groups is 1. The third-order valence-electron chi connectivity index (χ3n) is 0.785. The van der Waals surface area contributed by atoms with Gasteiger partial charge in [-0.15, -0.1) is 4.91 Å². The van der Waals surface area contributed by atoms with E-state index in [1.807, 2.05) is 0 Å². The molecule has 0 aromatic rings. The van der Waals surface area contributed by atoms with Crippen LogP contribution in [-0.4, -0.2) is 11.7 Å². The van der Waals surface area contributed by atoms with Crippen molar-refractivity contribution in [2.45, 2.75) is 6.92 Å². The molecule has 0 aromatic carbocycles. The van der Waals surface area contributed by atoms with Gasteiger partial charge in [-0.3, -0.25) is 0 Å². The molecule has 0 aliphatic heterocycles. The third kappa shape index (κ3) is 4.23. The molecule has 1 N–H and O–H groups in total. The second-order valence-corrected chi connectivity index (χ2v) is 2.26. The van der Waals surface area contributed by atoms with Gasteiger partial charge in [0.05, 0.1) is 6.61 Å². The fourth-order valence-electron chi connectivity index (χ4n) is 0.323. The highest BCUT2D eigenvalue weighted by molar-refractivity contribution is 6.29. The molecular formula is C6H8ClNO2. The Kier molecular flexibility index (Phi) is 4.80. The summed E-state index contributed by atoms with van der Waals surface area (Å²) < 4.78 is 0. The van der Waals surface area contributed by atoms with Crippen molar-refractivity contribution >= 4 is 11.6 Å². The maximum Gasteiger partial charge on any atom is 0.110 e. The van der Waals surface area contributed by atoms with E-state index >= 15 is 0 Å². The molecule has 0 unspecified atom stereocenters. The van der Waals surface area contributed by atoms with Gasteiger partial charge in [0.15, 0.2) is 0 Å². The average Bonchev–Trinajstić information content (AvgIpc) is 1.90. The highest BCUT2D eigenvalue weighted by Crippen LogP contribution is 2.01. The predicted octanol–water partition coefficient (Wildman–Crippen LogP) is 1.77. The van der Waals surface area contributed by atoms with E-state index in [0.29, 0.717) is 5.03 Å². The Morgan fingerprint density at radius 3 is 2.60 bits per heavy atom. The van der Waals surface area contributed by atoms with Crippen molar-refractivity contribution in [3.05, 3.63) is 27.8 Å². The molecule has 0 rings (SSSR count). The number of hydrogen-bond donors (Lipinski definition) is 1. The van der Waals surface area contributed by atoms with Gasteiger partial charge in [-0.1, -0.05) is 11.6 Å². The van der Waals surface area contributed by atoms with Crippen LogP contribution in [0, 0.1) is 4.91 Å². The predicted molar refractivity (Wildman–Crippen MR) is 40.6 cm³/mol. The number of nitroso groups, excluding NO2 is 1. The summed E-state index contributed by atoms with van der Waals surface area (Å²) in [5, 5.41) is 11.5. The molecule has 0 saturated carbocycles. The molecule has 0 heterocycles. The zero-order valence-electron chi connectivity index (χ0n) is 5.54. The van der Waals surface area contributed by atoms with Crippen molar-refractivity contribution in [2.24, 2.45) is 5.18 Å². The summed E-state index contributed by atoms with van der Waals surface area (Å²) in [7, 11) is 0. The van der Waals surface area contributed by atoms with Gasteiger partial charge in [0.2, 0.25) is 0 Å². The molecule has 0 spiro atoms. The number of rotatable bonds is 3. The summed E-state index contributed by atoms with van der Waals surface area (Å²) in [4.78, 5) is 9.80. The fourth-order valence-corrected chi connectivity index (χ4v) is 0.386. The highest BCUT2D eigenvalue weighted by atomic mass is 35.5. The van der Waals surface area contributed by atoms with E-state index < -0.39 is 0 Å². The molecule has 4 heteroatoms. The van der Waals surface area contributed by atoms with Crippen LogP contribution in [0.15, 0.2) is 28.1 Å². The largest absolute Gasteiger partial charge is 0.390 e. The Balaban J connectivity index is 4.12. The van der Waals surface area contributed by atoms with Crippen molar-refractivity contribution in [1.29, 1.82) is 0 Å². The molecule has 0 fully saturated rings. The standard InChI is InChI=1S/C6H8ClNO2/c1-5(7)2-3-6(4-9)8-10/h2-3,9H,4H2,1H3/b5-2+,6-3+. The van der Waals surface area contributed by atoms with E-state index in [0.717, 1.165) is 0 Å². The van der Waals surface area contributed by atoms with Gasteiger partial charge in [-0.25, -0.2) is 0 Å². The molecule has 3 nitrogen and oxygen atoms in total. The minimum absolute atomic E-state index is 0.0694. The summed E-state index contributed by atoms with van der Waals surface area (Å²) in [6.07, 6.45) is 2.86. The van der Waals surface area contributed by atoms with Crippen molar-refractivity contribution in [2.75, 3.05) is 6.61 Å². The van der Waals surface area contributed by atoms with Crippen LogP contribution < -0.4 is 0 Å². The molecular weight excluding hydrogens is 154 g/mol. The SMILES string of the molecule is C/C(Cl)=C\C=C(/CO)N=O. The first kappa shape index (κ1) is 9.33. The van der Waals surface area contributed by atoms with Gasteiger partial charge in [-0.05, 0) is 24.3 Å². The molecule has 0 atom stereocenters. The van der Waals surface area contributed by atoms with E-state index in [1.165, 1.54) is 12.2 Å². The first-order chi connectivity index (χ1) is 4.70. The van der Waals surface area contributed by atoms with Crippen molar-refractivity contribution in [3.63, 3.8) is 0 Å². The van der Waals surface area contributed by atoms with Crippen LogP contribution in [-0.2, 0) is 0 Å². The zero-order valence-corrected chi connectivity index (χ0v) is 6.30. The van der Waals surface area contributed by atoms with Crippen LogP contribution in [0.5, 0.6) is 0 Å². The molecule has 0 radical (unpaired) electrons. The maximum atomic E-state index is 9.80. The number of aliphatic hydroxyl groups excluding tert-OH is 1. The lowest BCUT2D eigenvalue weighted by Crippen LogP contribution is -1.83. The van der Waals surface area contributed by atoms with Crippen molar-refractivity contribution in [3.8, 4) is 0 Å². The van der Waals surface area contributed by atoms with E-state index in [2.05, 4.69) is 5.18 Å². The second-order valence-electron chi connectivity index (χ2n) is 1.66. The van der Waals surface area contributed by atoms with E-state index in [9.17, 15) is 4.91 Å². The van der Waals surface area contributed by atoms with Crippen LogP contribution in [0.3, 0.4) is 0 Å². The van der Waals surface area contributed by atoms with Gasteiger partial charge in [0.25, 0.3) is 0 Å². The Morgan fingerprint density at radius 2 is 2.30 bits per heavy atom. The van der Waals surface area contributed by atoms with Crippen LogP contribution in [0.4, 0.5) is 0 Å². The summed E-state index contributed by atoms with van der Waals surface area (Å²) in [5.41, 5.74) is 0.0694. The maximum absolute atomic E-state index is 9.80. The van der Waals surface area contributed by atoms with Crippen LogP contribution >= 0.6 is 11.6 Å². The van der Waals surface area contributed by atoms with Crippen LogP contribution in [0.1, 0.15) is 6.92 Å². The topological polar surface area (TPSA) is 49.7 Å². The smallest absolute Gasteiger partial charge is 0.110 e. The summed E-state index contributed by atoms with van der Waals surface area (Å²) >= 11 is 5.43. The molecule has 0 aliphatic rings. The molecule has 10 heavy (non-hydrogen) atoms. The molecule has 0 aliphatic carbocycles. The Labute approximate surface area is 64.0 Å². The van der Waals surface area contributed by atoms with Crippen molar-refractivity contribution < 1.29 is 5.11 Å². The Morgan fingerprint density at radius 1 is 1.70 bits per heavy atom. The summed E-state index contributed by atoms with van der Waals surface area (Å²) in [6, 6.07) is 0. The number of nitrogens with zero attached hydrogens (tertiary/aromatic N) is 1. The second kappa shape index (κ2) is 5.14. The van der Waals surface area contributed by atoms with Crippen molar-refractivity contribution in [1.82, 2.24) is 0 Å². The quantitative estimate of drug-likeness (QED) is 0.507. The van der Waals surface area contributed by atoms with E-state index in [4.69, 9.17) is 16.7 Å². The van der Waals surface area contributed by atoms with E-state index in [1.54, 1.807) is 6.92 Å². The third-order valence-corrected chi connectivity index (χ3v) is 0.911. The molecule has 0 bridgehead atoms. The summed E-state index contributed by atoms with van der Waals surface area (Å²) in [6.45, 7) is 1.31. The number of halogens is 1. The fraction of sp³-hybridized carbons (Fsp3) is 0.333. The zero-order chi connectivity index (χ0) is 7.98. The van der Waals surface area contributed by atoms with Gasteiger partial charge >= 0.3 is 0 Å². The highest BCUT2D eigenvalue weighted by Gasteiger charge is 1.89. The van der Waals surface area contributed by atoms with E-state index in [-0.39, 0.29) is 12.3 Å². The lowest BCUT2D eigenvalue weighted by Gasteiger charge is -1.86. The number of allylic oxidation sites excluding steroid dienone is 3. The molecule has 0 saturated heterocycles. The van der Waals surface area contributed by atoms with Gasteiger partial charge < -0.3 is 5.11 Å². The Bertz CT molecular complexity index is 171. The summed E-state index contributed by atoms with van der Waals surface area (Å²) in [5.74, 6) is 0. The first-order valence-electron chi connectivity index (χ1n) is 2.68. The molecule has 56 valence electrons. The van der Waals surface area contributed by atoms with Crippen LogP contribution in [0.2, 0.25) is 0 Å². The first-order valence-corrected chi connectivity index (χ1v) is 3.05. The van der Waals surface area contributed by atoms with Gasteiger partial charge in [0.1, 0.15) is 5.70 Å². The molecule has 0 amide bonds. The minimum Gasteiger partial charge on any atom is -0.390 e. The normalized spacial score (nSPS) is 13.5. The van der Waals surface area contributed by atoms with Crippen LogP contribution in [0.25, 0.3) is 0 Å². The average molecular weight is 162 g/mol. The van der Waals surface area contributed by atoms with Gasteiger partial charge in [0, 0.05) is 5.03 Å². The lowest BCUT2D eigenvalue weighted by molar-refractivity contribution is 0.330. The monoisotopic (exact) mass is 161 g/mol. The molecule has 0 aromatic heterocycles. The Hall–Kier alpha value is -0.670. The minimum atomic E-state index is -0.357. The van der Waals surface area contributed by atoms with Gasteiger partial charge in [-0.2, -0.15) is 0 Å².